The molecule has 0 saturated carbocycles. The molecular weight excluding hydrogens is 252 g/mol. The number of ketones is 1. The van der Waals surface area contributed by atoms with Crippen LogP contribution in [0.4, 0.5) is 0 Å². The quantitative estimate of drug-likeness (QED) is 0.767. The second-order valence-corrected chi connectivity index (χ2v) is 4.88. The first-order valence-corrected chi connectivity index (χ1v) is 6.57. The number of halogens is 1. The summed E-state index contributed by atoms with van der Waals surface area (Å²) in [5, 5.41) is 0.552. The van der Waals surface area contributed by atoms with Crippen molar-refractivity contribution in [3.8, 4) is 5.75 Å². The van der Waals surface area contributed by atoms with Crippen molar-refractivity contribution < 1.29 is 14.3 Å². The number of carbonyl (C=O) groups is 1. The topological polar surface area (TPSA) is 35.5 Å². The molecule has 0 spiro atoms. The van der Waals surface area contributed by atoms with E-state index < -0.39 is 0 Å². The second-order valence-electron chi connectivity index (χ2n) is 4.44. The van der Waals surface area contributed by atoms with E-state index in [0.29, 0.717) is 22.8 Å². The molecule has 1 saturated heterocycles. The van der Waals surface area contributed by atoms with Crippen LogP contribution in [0.25, 0.3) is 0 Å². The molecule has 1 aliphatic rings. The van der Waals surface area contributed by atoms with Gasteiger partial charge in [0.15, 0.2) is 5.78 Å². The van der Waals surface area contributed by atoms with Crippen LogP contribution < -0.4 is 4.74 Å². The molecule has 1 fully saturated rings. The molecule has 0 N–H and O–H groups in total. The number of methoxy groups -OCH3 is 1. The first kappa shape index (κ1) is 13.4. The number of rotatable bonds is 5. The van der Waals surface area contributed by atoms with Crippen LogP contribution >= 0.6 is 11.6 Å². The van der Waals surface area contributed by atoms with Gasteiger partial charge < -0.3 is 9.47 Å². The molecule has 98 valence electrons. The third-order valence-corrected chi connectivity index (χ3v) is 3.41. The maximum Gasteiger partial charge on any atom is 0.166 e. The van der Waals surface area contributed by atoms with E-state index in [9.17, 15) is 4.79 Å². The molecule has 18 heavy (non-hydrogen) atoms. The maximum absolute atomic E-state index is 12.1. The zero-order valence-corrected chi connectivity index (χ0v) is 11.2. The minimum Gasteiger partial charge on any atom is -0.496 e. The standard InChI is InChI=1S/C14H17ClO3/c1-17-14-7-4-10(15)9-12(14)13(16)6-5-11-3-2-8-18-11/h4,7,9,11H,2-3,5-6,8H2,1H3. The molecule has 1 aromatic carbocycles. The highest BCUT2D eigenvalue weighted by Crippen LogP contribution is 2.25. The van der Waals surface area contributed by atoms with Gasteiger partial charge in [-0.15, -0.1) is 0 Å². The van der Waals surface area contributed by atoms with Gasteiger partial charge in [-0.2, -0.15) is 0 Å². The molecule has 1 heterocycles. The Hall–Kier alpha value is -1.06. The fraction of sp³-hybridized carbons (Fsp3) is 0.500. The number of hydrogen-bond acceptors (Lipinski definition) is 3. The summed E-state index contributed by atoms with van der Waals surface area (Å²) >= 11 is 5.91. The highest BCUT2D eigenvalue weighted by molar-refractivity contribution is 6.31. The lowest BCUT2D eigenvalue weighted by atomic mass is 10.0. The molecule has 0 amide bonds. The lowest BCUT2D eigenvalue weighted by molar-refractivity contribution is 0.0857. The van der Waals surface area contributed by atoms with E-state index >= 15 is 0 Å². The van der Waals surface area contributed by atoms with Crippen molar-refractivity contribution in [3.05, 3.63) is 28.8 Å². The molecule has 2 rings (SSSR count). The normalized spacial score (nSPS) is 18.9. The Labute approximate surface area is 112 Å². The molecule has 3 nitrogen and oxygen atoms in total. The predicted molar refractivity (Wildman–Crippen MR) is 70.5 cm³/mol. The summed E-state index contributed by atoms with van der Waals surface area (Å²) in [6.45, 7) is 0.819. The van der Waals surface area contributed by atoms with Crippen LogP contribution in [0, 0.1) is 0 Å². The molecule has 0 aromatic heterocycles. The van der Waals surface area contributed by atoms with Gasteiger partial charge in [0, 0.05) is 18.1 Å². The van der Waals surface area contributed by atoms with Crippen molar-refractivity contribution in [1.29, 1.82) is 0 Å². The molecule has 4 heteroatoms. The van der Waals surface area contributed by atoms with Gasteiger partial charge in [0.25, 0.3) is 0 Å². The summed E-state index contributed by atoms with van der Waals surface area (Å²) in [6.07, 6.45) is 3.63. The first-order chi connectivity index (χ1) is 8.70. The molecule has 0 aliphatic carbocycles. The fourth-order valence-corrected chi connectivity index (χ4v) is 2.37. The summed E-state index contributed by atoms with van der Waals surface area (Å²) in [4.78, 5) is 12.1. The third kappa shape index (κ3) is 3.24. The molecule has 0 radical (unpaired) electrons. The predicted octanol–water partition coefficient (Wildman–Crippen LogP) is 3.49. The van der Waals surface area contributed by atoms with Crippen LogP contribution in [0.3, 0.4) is 0 Å². The Morgan fingerprint density at radius 2 is 2.39 bits per heavy atom. The second kappa shape index (κ2) is 6.21. The smallest absolute Gasteiger partial charge is 0.166 e. The van der Waals surface area contributed by atoms with Crippen molar-refractivity contribution in [2.24, 2.45) is 0 Å². The third-order valence-electron chi connectivity index (χ3n) is 3.18. The largest absolute Gasteiger partial charge is 0.496 e. The van der Waals surface area contributed by atoms with E-state index in [0.717, 1.165) is 25.9 Å². The molecule has 1 aromatic rings. The van der Waals surface area contributed by atoms with Crippen LogP contribution in [-0.4, -0.2) is 25.6 Å². The van der Waals surface area contributed by atoms with Crippen molar-refractivity contribution in [2.75, 3.05) is 13.7 Å². The van der Waals surface area contributed by atoms with E-state index in [1.54, 1.807) is 25.3 Å². The number of ether oxygens (including phenoxy) is 2. The number of benzene rings is 1. The van der Waals surface area contributed by atoms with Crippen LogP contribution in [0.2, 0.25) is 5.02 Å². The van der Waals surface area contributed by atoms with Crippen LogP contribution in [0.1, 0.15) is 36.0 Å². The Kier molecular flexibility index (Phi) is 4.61. The maximum atomic E-state index is 12.1. The Bertz CT molecular complexity index is 425. The Morgan fingerprint density at radius 1 is 1.56 bits per heavy atom. The average molecular weight is 269 g/mol. The Balaban J connectivity index is 2.00. The van der Waals surface area contributed by atoms with Gasteiger partial charge >= 0.3 is 0 Å². The van der Waals surface area contributed by atoms with Crippen LogP contribution in [-0.2, 0) is 4.74 Å². The van der Waals surface area contributed by atoms with Crippen LogP contribution in [0.5, 0.6) is 5.75 Å². The van der Waals surface area contributed by atoms with E-state index in [-0.39, 0.29) is 11.9 Å². The number of Topliss-reactive ketones (excluding diaryl/α,β-unsaturated/α-hetero) is 1. The number of hydrogen-bond donors (Lipinski definition) is 0. The van der Waals surface area contributed by atoms with E-state index in [1.807, 2.05) is 0 Å². The van der Waals surface area contributed by atoms with Crippen LogP contribution in [0.15, 0.2) is 18.2 Å². The van der Waals surface area contributed by atoms with Gasteiger partial charge in [-0.25, -0.2) is 0 Å². The average Bonchev–Trinajstić information content (AvgIpc) is 2.89. The molecule has 1 aliphatic heterocycles. The number of carbonyl (C=O) groups excluding carboxylic acids is 1. The fourth-order valence-electron chi connectivity index (χ4n) is 2.20. The minimum absolute atomic E-state index is 0.0600. The van der Waals surface area contributed by atoms with Gasteiger partial charge in [-0.1, -0.05) is 11.6 Å². The van der Waals surface area contributed by atoms with Gasteiger partial charge in [0.05, 0.1) is 18.8 Å². The van der Waals surface area contributed by atoms with E-state index in [4.69, 9.17) is 21.1 Å². The zero-order valence-electron chi connectivity index (χ0n) is 10.4. The zero-order chi connectivity index (χ0) is 13.0. The van der Waals surface area contributed by atoms with Gasteiger partial charge in [-0.3, -0.25) is 4.79 Å². The van der Waals surface area contributed by atoms with Gasteiger partial charge in [0.1, 0.15) is 5.75 Å². The minimum atomic E-state index is 0.0600. The highest BCUT2D eigenvalue weighted by atomic mass is 35.5. The first-order valence-electron chi connectivity index (χ1n) is 6.19. The molecule has 1 unspecified atom stereocenters. The van der Waals surface area contributed by atoms with Crippen molar-refractivity contribution in [1.82, 2.24) is 0 Å². The lowest BCUT2D eigenvalue weighted by Gasteiger charge is -2.10. The summed E-state index contributed by atoms with van der Waals surface area (Å²) in [7, 11) is 1.56. The lowest BCUT2D eigenvalue weighted by Crippen LogP contribution is -2.09. The summed E-state index contributed by atoms with van der Waals surface area (Å²) in [5.74, 6) is 0.640. The molecular formula is C14H17ClO3. The highest BCUT2D eigenvalue weighted by Gasteiger charge is 2.19. The summed E-state index contributed by atoms with van der Waals surface area (Å²) in [5.41, 5.74) is 0.558. The van der Waals surface area contributed by atoms with Gasteiger partial charge in [0.2, 0.25) is 0 Å². The van der Waals surface area contributed by atoms with Gasteiger partial charge in [-0.05, 0) is 37.5 Å². The summed E-state index contributed by atoms with van der Waals surface area (Å²) in [6, 6.07) is 5.11. The molecule has 0 bridgehead atoms. The van der Waals surface area contributed by atoms with E-state index in [2.05, 4.69) is 0 Å². The van der Waals surface area contributed by atoms with Crippen molar-refractivity contribution in [2.45, 2.75) is 31.8 Å². The summed E-state index contributed by atoms with van der Waals surface area (Å²) < 4.78 is 10.7. The monoisotopic (exact) mass is 268 g/mol. The Morgan fingerprint density at radius 3 is 3.06 bits per heavy atom. The molecule has 1 atom stereocenters. The SMILES string of the molecule is COc1ccc(Cl)cc1C(=O)CCC1CCCO1. The van der Waals surface area contributed by atoms with E-state index in [1.165, 1.54) is 0 Å². The van der Waals surface area contributed by atoms with Crippen molar-refractivity contribution in [3.63, 3.8) is 0 Å². The van der Waals surface area contributed by atoms with Crippen molar-refractivity contribution >= 4 is 17.4 Å².